The quantitative estimate of drug-likeness (QED) is 0.503. The Bertz CT molecular complexity index is 900. The van der Waals surface area contributed by atoms with E-state index in [1.165, 1.54) is 0 Å². The lowest BCUT2D eigenvalue weighted by molar-refractivity contribution is -0.142. The number of fused-ring (bicyclic) bond motifs is 3. The van der Waals surface area contributed by atoms with Crippen LogP contribution in [0.4, 0.5) is 4.79 Å². The summed E-state index contributed by atoms with van der Waals surface area (Å²) in [5.74, 6) is -1.51. The number of amides is 2. The maximum absolute atomic E-state index is 12.3. The molecule has 164 valence electrons. The van der Waals surface area contributed by atoms with Crippen LogP contribution in [0.3, 0.4) is 0 Å². The Labute approximate surface area is 180 Å². The summed E-state index contributed by atoms with van der Waals surface area (Å²) < 4.78 is 10.3. The van der Waals surface area contributed by atoms with Crippen molar-refractivity contribution in [2.45, 2.75) is 25.3 Å². The van der Waals surface area contributed by atoms with Gasteiger partial charge in [-0.15, -0.1) is 0 Å². The summed E-state index contributed by atoms with van der Waals surface area (Å²) in [4.78, 5) is 35.0. The van der Waals surface area contributed by atoms with Gasteiger partial charge in [-0.05, 0) is 28.7 Å². The van der Waals surface area contributed by atoms with Crippen LogP contribution in [0, 0.1) is 0 Å². The summed E-state index contributed by atoms with van der Waals surface area (Å²) in [5.41, 5.74) is 4.51. The highest BCUT2D eigenvalue weighted by atomic mass is 16.5. The third-order valence-electron chi connectivity index (χ3n) is 5.13. The Kier molecular flexibility index (Phi) is 7.61. The first kappa shape index (κ1) is 22.3. The minimum absolute atomic E-state index is 0.0570. The number of carbonyl (C=O) groups is 3. The van der Waals surface area contributed by atoms with E-state index in [0.717, 1.165) is 22.3 Å². The number of benzene rings is 2. The van der Waals surface area contributed by atoms with Gasteiger partial charge in [0.1, 0.15) is 19.3 Å². The lowest BCUT2D eigenvalue weighted by Crippen LogP contribution is -2.47. The van der Waals surface area contributed by atoms with Gasteiger partial charge in [0.05, 0.1) is 6.61 Å². The summed E-state index contributed by atoms with van der Waals surface area (Å²) in [6, 6.07) is 15.4. The van der Waals surface area contributed by atoms with Crippen molar-refractivity contribution in [3.63, 3.8) is 0 Å². The molecule has 1 aliphatic carbocycles. The van der Waals surface area contributed by atoms with E-state index in [-0.39, 0.29) is 31.6 Å². The molecule has 0 aliphatic heterocycles. The summed E-state index contributed by atoms with van der Waals surface area (Å²) >= 11 is 0. The molecular formula is C23H26N2O6. The van der Waals surface area contributed by atoms with E-state index in [0.29, 0.717) is 6.42 Å². The molecule has 3 N–H and O–H groups in total. The molecule has 2 aromatic rings. The summed E-state index contributed by atoms with van der Waals surface area (Å²) in [6.45, 7) is 1.73. The van der Waals surface area contributed by atoms with Crippen LogP contribution in [0.15, 0.2) is 48.5 Å². The number of aliphatic carboxylic acids is 1. The van der Waals surface area contributed by atoms with Crippen molar-refractivity contribution in [1.29, 1.82) is 0 Å². The van der Waals surface area contributed by atoms with Gasteiger partial charge in [0.2, 0.25) is 5.91 Å². The van der Waals surface area contributed by atoms with Crippen LogP contribution < -0.4 is 10.6 Å². The number of hydrogen-bond acceptors (Lipinski definition) is 5. The standard InChI is InChI=1S/C23H26N2O6/c1-2-20(22(28)24-11-12-30-14-21(26)27)25-23(29)31-13-19-17-9-5-3-7-15(17)16-8-4-6-10-18(16)19/h3-10,19-20H,2,11-14H2,1H3,(H,24,28)(H,25,29)(H,26,27). The van der Waals surface area contributed by atoms with Crippen LogP contribution in [0.2, 0.25) is 0 Å². The van der Waals surface area contributed by atoms with E-state index in [2.05, 4.69) is 22.8 Å². The van der Waals surface area contributed by atoms with E-state index in [4.69, 9.17) is 14.6 Å². The second kappa shape index (κ2) is 10.6. The zero-order valence-corrected chi connectivity index (χ0v) is 17.3. The smallest absolute Gasteiger partial charge is 0.407 e. The zero-order valence-electron chi connectivity index (χ0n) is 17.3. The topological polar surface area (TPSA) is 114 Å². The first-order valence-corrected chi connectivity index (χ1v) is 10.2. The molecule has 2 amide bonds. The van der Waals surface area contributed by atoms with E-state index >= 15 is 0 Å². The monoisotopic (exact) mass is 426 g/mol. The van der Waals surface area contributed by atoms with Crippen LogP contribution in [-0.2, 0) is 19.1 Å². The van der Waals surface area contributed by atoms with Crippen LogP contribution in [0.1, 0.15) is 30.4 Å². The third-order valence-corrected chi connectivity index (χ3v) is 5.13. The highest BCUT2D eigenvalue weighted by molar-refractivity contribution is 5.85. The molecule has 2 aromatic carbocycles. The number of hydrogen-bond donors (Lipinski definition) is 3. The molecule has 0 saturated carbocycles. The number of carbonyl (C=O) groups excluding carboxylic acids is 2. The van der Waals surface area contributed by atoms with Crippen molar-refractivity contribution < 1.29 is 29.0 Å². The van der Waals surface area contributed by atoms with Crippen LogP contribution in [-0.4, -0.2) is 55.5 Å². The van der Waals surface area contributed by atoms with Crippen molar-refractivity contribution >= 4 is 18.0 Å². The van der Waals surface area contributed by atoms with Gasteiger partial charge >= 0.3 is 12.1 Å². The first-order valence-electron chi connectivity index (χ1n) is 10.2. The molecule has 8 heteroatoms. The van der Waals surface area contributed by atoms with Gasteiger partial charge in [-0.1, -0.05) is 55.5 Å². The molecule has 31 heavy (non-hydrogen) atoms. The van der Waals surface area contributed by atoms with E-state index in [9.17, 15) is 14.4 Å². The fourth-order valence-electron chi connectivity index (χ4n) is 3.66. The van der Waals surface area contributed by atoms with Gasteiger partial charge in [-0.3, -0.25) is 4.79 Å². The maximum atomic E-state index is 12.3. The van der Waals surface area contributed by atoms with Crippen molar-refractivity contribution in [3.05, 3.63) is 59.7 Å². The van der Waals surface area contributed by atoms with Crippen LogP contribution in [0.5, 0.6) is 0 Å². The molecule has 1 unspecified atom stereocenters. The number of ether oxygens (including phenoxy) is 2. The lowest BCUT2D eigenvalue weighted by atomic mass is 9.98. The van der Waals surface area contributed by atoms with Gasteiger partial charge in [-0.2, -0.15) is 0 Å². The Morgan fingerprint density at radius 2 is 1.65 bits per heavy atom. The largest absolute Gasteiger partial charge is 0.480 e. The SMILES string of the molecule is CCC(NC(=O)OCC1c2ccccc2-c2ccccc21)C(=O)NCCOCC(=O)O. The Morgan fingerprint density at radius 1 is 1.03 bits per heavy atom. The summed E-state index contributed by atoms with van der Waals surface area (Å²) in [5, 5.41) is 13.7. The average Bonchev–Trinajstić information content (AvgIpc) is 3.09. The van der Waals surface area contributed by atoms with Crippen LogP contribution >= 0.6 is 0 Å². The van der Waals surface area contributed by atoms with Crippen molar-refractivity contribution in [1.82, 2.24) is 10.6 Å². The van der Waals surface area contributed by atoms with Gasteiger partial charge in [0.25, 0.3) is 0 Å². The van der Waals surface area contributed by atoms with E-state index in [1.54, 1.807) is 6.92 Å². The lowest BCUT2D eigenvalue weighted by Gasteiger charge is -2.18. The fraction of sp³-hybridized carbons (Fsp3) is 0.348. The number of carboxylic acid groups (broad SMARTS) is 1. The predicted molar refractivity (Wildman–Crippen MR) is 114 cm³/mol. The van der Waals surface area contributed by atoms with E-state index < -0.39 is 24.7 Å². The molecule has 0 aromatic heterocycles. The molecular weight excluding hydrogens is 400 g/mol. The molecule has 8 nitrogen and oxygen atoms in total. The second-order valence-electron chi connectivity index (χ2n) is 7.17. The number of rotatable bonds is 10. The number of alkyl carbamates (subject to hydrolysis) is 1. The van der Waals surface area contributed by atoms with Crippen molar-refractivity contribution in [2.24, 2.45) is 0 Å². The van der Waals surface area contributed by atoms with Gasteiger partial charge in [0, 0.05) is 12.5 Å². The zero-order chi connectivity index (χ0) is 22.2. The van der Waals surface area contributed by atoms with Gasteiger partial charge < -0.3 is 25.2 Å². The molecule has 0 heterocycles. The second-order valence-corrected chi connectivity index (χ2v) is 7.17. The fourth-order valence-corrected chi connectivity index (χ4v) is 3.66. The predicted octanol–water partition coefficient (Wildman–Crippen LogP) is 2.52. The maximum Gasteiger partial charge on any atom is 0.407 e. The molecule has 1 aliphatic rings. The normalized spacial score (nSPS) is 13.1. The molecule has 0 bridgehead atoms. The molecule has 1 atom stereocenters. The van der Waals surface area contributed by atoms with Gasteiger partial charge in [0.15, 0.2) is 0 Å². The van der Waals surface area contributed by atoms with Crippen molar-refractivity contribution in [2.75, 3.05) is 26.4 Å². The average molecular weight is 426 g/mol. The Balaban J connectivity index is 1.51. The Hall–Kier alpha value is -3.39. The molecule has 0 spiro atoms. The number of nitrogens with one attached hydrogen (secondary N) is 2. The first-order chi connectivity index (χ1) is 15.0. The molecule has 0 saturated heterocycles. The summed E-state index contributed by atoms with van der Waals surface area (Å²) in [6.07, 6.45) is -0.280. The summed E-state index contributed by atoms with van der Waals surface area (Å²) in [7, 11) is 0. The van der Waals surface area contributed by atoms with E-state index in [1.807, 2.05) is 36.4 Å². The Morgan fingerprint density at radius 3 is 2.23 bits per heavy atom. The van der Waals surface area contributed by atoms with Gasteiger partial charge in [-0.25, -0.2) is 9.59 Å². The molecule has 3 rings (SSSR count). The minimum Gasteiger partial charge on any atom is -0.480 e. The highest BCUT2D eigenvalue weighted by Crippen LogP contribution is 2.44. The molecule has 0 fully saturated rings. The number of carboxylic acids is 1. The minimum atomic E-state index is -1.07. The van der Waals surface area contributed by atoms with Crippen LogP contribution in [0.25, 0.3) is 11.1 Å². The third kappa shape index (κ3) is 5.61. The highest BCUT2D eigenvalue weighted by Gasteiger charge is 2.29. The molecule has 0 radical (unpaired) electrons. The van der Waals surface area contributed by atoms with Crippen molar-refractivity contribution in [3.8, 4) is 11.1 Å².